The zero-order valence-corrected chi connectivity index (χ0v) is 38.4. The Morgan fingerprint density at radius 3 is 1.69 bits per heavy atom. The lowest BCUT2D eigenvalue weighted by molar-refractivity contribution is -0.0553. The third-order valence-corrected chi connectivity index (χ3v) is 25.0. The average Bonchev–Trinajstić information content (AvgIpc) is 4.06. The van der Waals surface area contributed by atoms with E-state index in [-0.39, 0.29) is 0 Å². The van der Waals surface area contributed by atoms with Gasteiger partial charge in [-0.15, -0.1) is 0 Å². The Morgan fingerprint density at radius 2 is 0.864 bits per heavy atom. The fraction of sp³-hybridized carbons (Fsp3) is 1.00. The molecule has 59 heavy (non-hydrogen) atoms. The second kappa shape index (κ2) is 16.6. The molecule has 0 amide bonds. The monoisotopic (exact) mass is 826 g/mol. The molecule has 19 unspecified atom stereocenters. The van der Waals surface area contributed by atoms with Gasteiger partial charge < -0.3 is 9.47 Å². The molecule has 3 heterocycles. The molecule has 3 nitrogen and oxygen atoms in total. The largest absolute Gasteiger partial charge is 0.374 e. The fourth-order valence-electron chi connectivity index (χ4n) is 20.8. The molecule has 0 spiro atoms. The average molecular weight is 826 g/mol. The summed E-state index contributed by atoms with van der Waals surface area (Å²) in [5.74, 6) is 14.2. The van der Waals surface area contributed by atoms with Gasteiger partial charge in [-0.2, -0.15) is 11.8 Å². The van der Waals surface area contributed by atoms with Crippen LogP contribution in [0, 0.1) is 82.9 Å². The second-order valence-corrected chi connectivity index (χ2v) is 26.4. The minimum atomic E-state index is 0.577. The summed E-state index contributed by atoms with van der Waals surface area (Å²) >= 11 is 2.68. The summed E-state index contributed by atoms with van der Waals surface area (Å²) in [4.78, 5) is 3.40. The van der Waals surface area contributed by atoms with Crippen molar-refractivity contribution in [1.29, 1.82) is 0 Å². The maximum Gasteiger partial charge on any atom is 0.0625 e. The lowest BCUT2D eigenvalue weighted by Crippen LogP contribution is -2.58. The molecule has 0 N–H and O–H groups in total. The maximum absolute atomic E-state index is 7.08. The Morgan fingerprint density at radius 1 is 0.305 bits per heavy atom. The van der Waals surface area contributed by atoms with Crippen LogP contribution in [0.25, 0.3) is 0 Å². The van der Waals surface area contributed by atoms with Gasteiger partial charge in [0, 0.05) is 34.5 Å². The minimum absolute atomic E-state index is 0.577. The first-order valence-corrected chi connectivity index (χ1v) is 28.9. The van der Waals surface area contributed by atoms with Gasteiger partial charge in [-0.1, -0.05) is 51.4 Å². The highest BCUT2D eigenvalue weighted by molar-refractivity contribution is 8.00. The molecule has 0 radical (unpaired) electrons. The van der Waals surface area contributed by atoms with Gasteiger partial charge in [-0.25, -0.2) is 0 Å². The van der Waals surface area contributed by atoms with Gasteiger partial charge in [0.15, 0.2) is 0 Å². The van der Waals surface area contributed by atoms with Crippen molar-refractivity contribution < 1.29 is 9.47 Å². The van der Waals surface area contributed by atoms with Gasteiger partial charge >= 0.3 is 0 Å². The molecule has 10 saturated carbocycles. The molecule has 13 rings (SSSR count). The van der Waals surface area contributed by atoms with E-state index in [1.165, 1.54) is 128 Å². The number of thioether (sulfide) groups is 1. The maximum atomic E-state index is 7.08. The molecule has 13 fully saturated rings. The number of hydrogen-bond acceptors (Lipinski definition) is 4. The van der Waals surface area contributed by atoms with Gasteiger partial charge in [-0.05, 0) is 231 Å². The lowest BCUT2D eigenvalue weighted by Gasteiger charge is -2.53. The molecule has 19 atom stereocenters. The minimum Gasteiger partial charge on any atom is -0.374 e. The van der Waals surface area contributed by atoms with Gasteiger partial charge in [-0.3, -0.25) is 4.90 Å². The van der Waals surface area contributed by atoms with Crippen LogP contribution in [-0.2, 0) is 9.47 Å². The van der Waals surface area contributed by atoms with E-state index in [1.54, 1.807) is 77.0 Å². The van der Waals surface area contributed by atoms with E-state index in [1.807, 2.05) is 0 Å². The van der Waals surface area contributed by atoms with Crippen LogP contribution in [0.3, 0.4) is 0 Å². The van der Waals surface area contributed by atoms with Crippen molar-refractivity contribution >= 4 is 11.8 Å². The normalized spacial score (nSPS) is 56.8. The van der Waals surface area contributed by atoms with Crippen LogP contribution in [0.1, 0.15) is 205 Å². The number of nitrogens with zero attached hydrogens (tertiary/aromatic N) is 1. The summed E-state index contributed by atoms with van der Waals surface area (Å²) < 4.78 is 14.0. The van der Waals surface area contributed by atoms with Crippen LogP contribution >= 0.6 is 11.8 Å². The van der Waals surface area contributed by atoms with Crippen LogP contribution in [0.2, 0.25) is 0 Å². The van der Waals surface area contributed by atoms with Crippen molar-refractivity contribution in [2.75, 3.05) is 0 Å². The van der Waals surface area contributed by atoms with E-state index in [4.69, 9.17) is 9.47 Å². The lowest BCUT2D eigenvalue weighted by atomic mass is 9.61. The smallest absolute Gasteiger partial charge is 0.0625 e. The topological polar surface area (TPSA) is 21.7 Å². The molecule has 3 saturated heterocycles. The molecular formula is C55H87NO2S. The first-order chi connectivity index (χ1) is 29.2. The summed E-state index contributed by atoms with van der Waals surface area (Å²) in [5, 5.41) is 2.08. The van der Waals surface area contributed by atoms with Crippen molar-refractivity contribution in [3.05, 3.63) is 0 Å². The molecule has 0 bridgehead atoms. The van der Waals surface area contributed by atoms with Crippen molar-refractivity contribution in [3.8, 4) is 0 Å². The molecule has 0 aromatic carbocycles. The number of hydrogen-bond donors (Lipinski definition) is 0. The highest BCUT2D eigenvalue weighted by Crippen LogP contribution is 2.66. The van der Waals surface area contributed by atoms with E-state index in [0.29, 0.717) is 24.4 Å². The van der Waals surface area contributed by atoms with Crippen LogP contribution in [-0.4, -0.2) is 57.9 Å². The molecular weight excluding hydrogens is 739 g/mol. The van der Waals surface area contributed by atoms with E-state index in [9.17, 15) is 0 Å². The van der Waals surface area contributed by atoms with Gasteiger partial charge in [0.2, 0.25) is 0 Å². The third-order valence-electron chi connectivity index (χ3n) is 23.0. The van der Waals surface area contributed by atoms with Gasteiger partial charge in [0.1, 0.15) is 0 Å². The van der Waals surface area contributed by atoms with Gasteiger partial charge in [0.05, 0.1) is 24.4 Å². The first-order valence-electron chi connectivity index (χ1n) is 28.0. The SMILES string of the molecule is C1CCC2C(C1)CC1CCC3C4CCCC(C5CCC(N(C6CCC(C7CCC8C(C7)OC7CCCCC78)CC6)C6CCCC7OC8CCCCC8C76)CC5)C4SC3C12. The first kappa shape index (κ1) is 39.6. The van der Waals surface area contributed by atoms with Crippen LogP contribution in [0.4, 0.5) is 0 Å². The molecule has 0 aromatic rings. The Balaban J connectivity index is 0.704. The van der Waals surface area contributed by atoms with Gasteiger partial charge in [0.25, 0.3) is 0 Å². The summed E-state index contributed by atoms with van der Waals surface area (Å²) in [6.45, 7) is 0. The summed E-state index contributed by atoms with van der Waals surface area (Å²) in [6, 6.07) is 2.51. The summed E-state index contributed by atoms with van der Waals surface area (Å²) in [6.07, 6.45) is 50.7. The Bertz CT molecular complexity index is 1450. The third kappa shape index (κ3) is 6.91. The molecule has 330 valence electrons. The van der Waals surface area contributed by atoms with E-state index in [2.05, 4.69) is 16.7 Å². The highest BCUT2D eigenvalue weighted by atomic mass is 32.2. The standard InChI is InChI=1S/C55H87NO2S/c1-2-10-40-36(9-1)31-37-24-30-45-44-14-7-13-41(54(44)59-55(45)52(37)40)34-21-27-39(28-22-34)56(47-15-8-18-50-53(47)46-12-4-6-17-49(46)57-50)38-25-19-33(20-26-38)35-23-29-43-42-11-3-5-16-48(42)58-51(43)32-35/h33-55H,1-32H2. The number of rotatable bonds is 5. The van der Waals surface area contributed by atoms with Crippen molar-refractivity contribution in [1.82, 2.24) is 4.90 Å². The van der Waals surface area contributed by atoms with E-state index < -0.39 is 0 Å². The van der Waals surface area contributed by atoms with E-state index in [0.717, 1.165) is 111 Å². The Hall–Kier alpha value is 0.230. The molecule has 10 aliphatic carbocycles. The van der Waals surface area contributed by atoms with E-state index >= 15 is 0 Å². The zero-order chi connectivity index (χ0) is 38.6. The molecule has 4 heteroatoms. The Kier molecular flexibility index (Phi) is 11.1. The van der Waals surface area contributed by atoms with Crippen LogP contribution < -0.4 is 0 Å². The molecule has 3 aliphatic heterocycles. The fourth-order valence-corrected chi connectivity index (χ4v) is 23.4. The van der Waals surface area contributed by atoms with Crippen molar-refractivity contribution in [2.45, 2.75) is 259 Å². The summed E-state index contributed by atoms with van der Waals surface area (Å²) in [7, 11) is 0. The van der Waals surface area contributed by atoms with Crippen molar-refractivity contribution in [3.63, 3.8) is 0 Å². The molecule has 0 aromatic heterocycles. The predicted octanol–water partition coefficient (Wildman–Crippen LogP) is 13.7. The zero-order valence-electron chi connectivity index (χ0n) is 37.6. The Labute approximate surface area is 365 Å². The van der Waals surface area contributed by atoms with Crippen LogP contribution in [0.5, 0.6) is 0 Å². The summed E-state index contributed by atoms with van der Waals surface area (Å²) in [5.41, 5.74) is 0. The highest BCUT2D eigenvalue weighted by Gasteiger charge is 2.60. The second-order valence-electron chi connectivity index (χ2n) is 25.1. The van der Waals surface area contributed by atoms with Crippen LogP contribution in [0.15, 0.2) is 0 Å². The quantitative estimate of drug-likeness (QED) is 0.275. The molecule has 13 aliphatic rings. The number of fused-ring (bicyclic) bond motifs is 13. The number of ether oxygens (including phenoxy) is 2. The predicted molar refractivity (Wildman–Crippen MR) is 242 cm³/mol. The van der Waals surface area contributed by atoms with Crippen molar-refractivity contribution in [2.24, 2.45) is 82.9 Å².